The van der Waals surface area contributed by atoms with Crippen molar-refractivity contribution in [3.05, 3.63) is 66.2 Å². The molecular weight excluding hydrogens is 427 g/mol. The van der Waals surface area contributed by atoms with E-state index in [1.807, 2.05) is 48.5 Å². The summed E-state index contributed by atoms with van der Waals surface area (Å²) >= 11 is 0. The van der Waals surface area contributed by atoms with E-state index in [-0.39, 0.29) is 29.9 Å². The van der Waals surface area contributed by atoms with Crippen LogP contribution in [0.15, 0.2) is 59.1 Å². The van der Waals surface area contributed by atoms with Crippen LogP contribution >= 0.6 is 0 Å². The lowest BCUT2D eigenvalue weighted by Crippen LogP contribution is -3.00. The van der Waals surface area contributed by atoms with Gasteiger partial charge in [-0.05, 0) is 37.6 Å². The van der Waals surface area contributed by atoms with E-state index in [1.54, 1.807) is 18.0 Å². The summed E-state index contributed by atoms with van der Waals surface area (Å²) < 4.78 is 8.05. The molecule has 0 aliphatic heterocycles. The lowest BCUT2D eigenvalue weighted by Gasteiger charge is -2.15. The average molecular weight is 448 g/mol. The third kappa shape index (κ3) is 4.10. The second kappa shape index (κ2) is 8.29. The van der Waals surface area contributed by atoms with Crippen LogP contribution in [0.25, 0.3) is 17.2 Å². The normalized spacial score (nSPS) is 10.8. The Morgan fingerprint density at radius 3 is 2.56 bits per heavy atom. The molecule has 0 aliphatic carbocycles. The number of rotatable bonds is 4. The molecule has 0 radical (unpaired) electrons. The zero-order valence-electron chi connectivity index (χ0n) is 14.6. The van der Waals surface area contributed by atoms with Gasteiger partial charge in [-0.2, -0.15) is 4.57 Å². The van der Waals surface area contributed by atoms with E-state index in [0.717, 1.165) is 29.2 Å². The lowest BCUT2D eigenvalue weighted by atomic mass is 10.2. The van der Waals surface area contributed by atoms with E-state index in [1.165, 1.54) is 5.56 Å². The molecule has 130 valence electrons. The molecule has 1 amide bonds. The molecular formula is C20H21IN2O2. The van der Waals surface area contributed by atoms with E-state index in [0.29, 0.717) is 0 Å². The Kier molecular flexibility index (Phi) is 6.36. The molecule has 0 bridgehead atoms. The summed E-state index contributed by atoms with van der Waals surface area (Å²) in [5.41, 5.74) is 3.93. The van der Waals surface area contributed by atoms with Crippen molar-refractivity contribution in [3.8, 4) is 0 Å². The fourth-order valence-corrected chi connectivity index (χ4v) is 2.76. The summed E-state index contributed by atoms with van der Waals surface area (Å²) in [6.07, 6.45) is 3.60. The molecule has 0 saturated carbocycles. The van der Waals surface area contributed by atoms with Crippen LogP contribution in [0, 0.1) is 6.92 Å². The largest absolute Gasteiger partial charge is 1.00 e. The summed E-state index contributed by atoms with van der Waals surface area (Å²) in [5, 5.41) is 0. The minimum absolute atomic E-state index is 0. The molecule has 2 aromatic carbocycles. The van der Waals surface area contributed by atoms with Crippen LogP contribution in [0.5, 0.6) is 0 Å². The van der Waals surface area contributed by atoms with Crippen LogP contribution in [-0.4, -0.2) is 5.91 Å². The first-order valence-corrected chi connectivity index (χ1v) is 8.06. The number of hydrogen-bond acceptors (Lipinski definition) is 2. The number of amides is 1. The Bertz CT molecular complexity index is 901. The first kappa shape index (κ1) is 19.2. The molecule has 4 nitrogen and oxygen atoms in total. The average Bonchev–Trinajstić information content (AvgIpc) is 2.92. The van der Waals surface area contributed by atoms with Crippen molar-refractivity contribution < 1.29 is 37.8 Å². The summed E-state index contributed by atoms with van der Waals surface area (Å²) in [7, 11) is 0. The number of carbonyl (C=O) groups is 1. The number of fused-ring (bicyclic) bond motifs is 1. The van der Waals surface area contributed by atoms with Crippen molar-refractivity contribution in [2.24, 2.45) is 0 Å². The minimum atomic E-state index is -0.0487. The van der Waals surface area contributed by atoms with Gasteiger partial charge in [-0.15, -0.1) is 0 Å². The van der Waals surface area contributed by atoms with Crippen LogP contribution in [0.1, 0.15) is 25.3 Å². The molecule has 0 unspecified atom stereocenters. The van der Waals surface area contributed by atoms with Crippen molar-refractivity contribution in [3.63, 3.8) is 0 Å². The Hall–Kier alpha value is -2.15. The SMILES string of the molecule is CC[n+]1c(C=CN(C(C)=O)c2ccccc2)oc2ccc(C)cc21.[I-]. The molecule has 0 saturated heterocycles. The van der Waals surface area contributed by atoms with Crippen LogP contribution < -0.4 is 33.4 Å². The molecule has 0 N–H and O–H groups in total. The number of hydrogen-bond donors (Lipinski definition) is 0. The fourth-order valence-electron chi connectivity index (χ4n) is 2.76. The molecule has 1 heterocycles. The van der Waals surface area contributed by atoms with Gasteiger partial charge in [-0.1, -0.05) is 24.3 Å². The fraction of sp³-hybridized carbons (Fsp3) is 0.200. The molecule has 0 aliphatic rings. The van der Waals surface area contributed by atoms with Gasteiger partial charge in [0, 0.05) is 24.9 Å². The van der Waals surface area contributed by atoms with E-state index in [2.05, 4.69) is 24.5 Å². The predicted octanol–water partition coefficient (Wildman–Crippen LogP) is 1.08. The van der Waals surface area contributed by atoms with Gasteiger partial charge in [0.25, 0.3) is 5.52 Å². The molecule has 1 aromatic heterocycles. The van der Waals surface area contributed by atoms with Crippen molar-refractivity contribution in [1.29, 1.82) is 0 Å². The second-order valence-corrected chi connectivity index (χ2v) is 5.70. The number of para-hydroxylation sites is 1. The number of carbonyl (C=O) groups excluding carboxylic acids is 1. The number of anilines is 1. The summed E-state index contributed by atoms with van der Waals surface area (Å²) in [4.78, 5) is 13.6. The molecule has 0 fully saturated rings. The molecule has 0 spiro atoms. The summed E-state index contributed by atoms with van der Waals surface area (Å²) in [6.45, 7) is 6.48. The van der Waals surface area contributed by atoms with E-state index >= 15 is 0 Å². The van der Waals surface area contributed by atoms with Crippen LogP contribution in [0.2, 0.25) is 0 Å². The van der Waals surface area contributed by atoms with Gasteiger partial charge < -0.3 is 28.4 Å². The molecule has 3 aromatic rings. The quantitative estimate of drug-likeness (QED) is 0.443. The van der Waals surface area contributed by atoms with E-state index in [9.17, 15) is 4.79 Å². The van der Waals surface area contributed by atoms with Gasteiger partial charge in [0.15, 0.2) is 0 Å². The maximum Gasteiger partial charge on any atom is 0.375 e. The maximum atomic E-state index is 12.0. The van der Waals surface area contributed by atoms with Gasteiger partial charge in [-0.3, -0.25) is 9.69 Å². The van der Waals surface area contributed by atoms with Crippen molar-refractivity contribution in [2.75, 3.05) is 4.90 Å². The monoisotopic (exact) mass is 448 g/mol. The number of benzene rings is 2. The molecule has 25 heavy (non-hydrogen) atoms. The summed E-state index contributed by atoms with van der Waals surface area (Å²) in [5.74, 6) is 0.674. The summed E-state index contributed by atoms with van der Waals surface area (Å²) in [6, 6.07) is 15.7. The Labute approximate surface area is 164 Å². The lowest BCUT2D eigenvalue weighted by molar-refractivity contribution is -0.674. The zero-order valence-corrected chi connectivity index (χ0v) is 16.7. The van der Waals surface area contributed by atoms with E-state index < -0.39 is 0 Å². The molecule has 5 heteroatoms. The van der Waals surface area contributed by atoms with Gasteiger partial charge in [0.1, 0.15) is 6.54 Å². The second-order valence-electron chi connectivity index (χ2n) is 5.70. The van der Waals surface area contributed by atoms with Gasteiger partial charge in [-0.25, -0.2) is 0 Å². The maximum absolute atomic E-state index is 12.0. The topological polar surface area (TPSA) is 37.3 Å². The number of aryl methyl sites for hydroxylation is 2. The van der Waals surface area contributed by atoms with Gasteiger partial charge in [0.05, 0.1) is 6.08 Å². The Morgan fingerprint density at radius 1 is 1.20 bits per heavy atom. The zero-order chi connectivity index (χ0) is 17.1. The van der Waals surface area contributed by atoms with Gasteiger partial charge in [0.2, 0.25) is 11.5 Å². The molecule has 0 atom stereocenters. The Balaban J connectivity index is 0.00000225. The highest BCUT2D eigenvalue weighted by molar-refractivity contribution is 5.94. The third-order valence-electron chi connectivity index (χ3n) is 3.94. The van der Waals surface area contributed by atoms with Crippen LogP contribution in [-0.2, 0) is 11.3 Å². The van der Waals surface area contributed by atoms with Crippen LogP contribution in [0.3, 0.4) is 0 Å². The number of oxazole rings is 1. The minimum Gasteiger partial charge on any atom is -1.00 e. The number of aromatic nitrogens is 1. The smallest absolute Gasteiger partial charge is 0.375 e. The Morgan fingerprint density at radius 2 is 1.92 bits per heavy atom. The highest BCUT2D eigenvalue weighted by Gasteiger charge is 2.19. The number of halogens is 1. The first-order chi connectivity index (χ1) is 11.6. The van der Waals surface area contributed by atoms with Crippen molar-refractivity contribution in [2.45, 2.75) is 27.3 Å². The van der Waals surface area contributed by atoms with Crippen molar-refractivity contribution >= 4 is 28.8 Å². The third-order valence-corrected chi connectivity index (χ3v) is 3.94. The molecule has 3 rings (SSSR count). The van der Waals surface area contributed by atoms with Crippen molar-refractivity contribution in [1.82, 2.24) is 0 Å². The first-order valence-electron chi connectivity index (χ1n) is 8.06. The van der Waals surface area contributed by atoms with Crippen LogP contribution in [0.4, 0.5) is 5.69 Å². The standard InChI is InChI=1S/C20H21N2O2.HI/c1-4-21-18-14-15(2)10-11-19(18)24-20(21)12-13-22(16(3)23)17-8-6-5-7-9-17;/h5-14H,4H2,1-3H3;1H/q+1;/p-1. The predicted molar refractivity (Wildman–Crippen MR) is 95.5 cm³/mol. The number of nitrogens with zero attached hydrogens (tertiary/aromatic N) is 2. The highest BCUT2D eigenvalue weighted by Crippen LogP contribution is 2.18. The van der Waals surface area contributed by atoms with E-state index in [4.69, 9.17) is 4.42 Å². The van der Waals surface area contributed by atoms with Gasteiger partial charge >= 0.3 is 5.89 Å². The highest BCUT2D eigenvalue weighted by atomic mass is 127.